The third-order valence-corrected chi connectivity index (χ3v) is 2.89. The van der Waals surface area contributed by atoms with Crippen LogP contribution >= 0.6 is 0 Å². The molecule has 1 aromatic heterocycles. The largest absolute Gasteiger partial charge is 0.397 e. The SMILES string of the molecule is COCCN(Cc1ncccc1N)C(C)COC. The van der Waals surface area contributed by atoms with Crippen LogP contribution in [0.3, 0.4) is 0 Å². The van der Waals surface area contributed by atoms with Gasteiger partial charge in [0, 0.05) is 39.5 Å². The van der Waals surface area contributed by atoms with Crippen molar-refractivity contribution in [3.63, 3.8) is 0 Å². The number of hydrogen-bond donors (Lipinski definition) is 1. The standard InChI is InChI=1S/C13H23N3O2/c1-11(10-18-3)16(7-8-17-2)9-13-12(14)5-4-6-15-13/h4-6,11H,7-10,14H2,1-3H3. The Kier molecular flexibility index (Phi) is 6.64. The second kappa shape index (κ2) is 8.02. The van der Waals surface area contributed by atoms with Crippen molar-refractivity contribution in [2.24, 2.45) is 0 Å². The average molecular weight is 253 g/mol. The summed E-state index contributed by atoms with van der Waals surface area (Å²) in [5.74, 6) is 0. The summed E-state index contributed by atoms with van der Waals surface area (Å²) in [5.41, 5.74) is 7.55. The quantitative estimate of drug-likeness (QED) is 0.753. The lowest BCUT2D eigenvalue weighted by molar-refractivity contribution is 0.0699. The molecule has 2 N–H and O–H groups in total. The lowest BCUT2D eigenvalue weighted by Gasteiger charge is -2.28. The van der Waals surface area contributed by atoms with Gasteiger partial charge in [-0.3, -0.25) is 9.88 Å². The highest BCUT2D eigenvalue weighted by Crippen LogP contribution is 2.12. The molecule has 0 aromatic carbocycles. The molecule has 5 heteroatoms. The van der Waals surface area contributed by atoms with Crippen LogP contribution in [0.25, 0.3) is 0 Å². The van der Waals surface area contributed by atoms with Crippen molar-refractivity contribution in [2.45, 2.75) is 19.5 Å². The van der Waals surface area contributed by atoms with Crippen LogP contribution in [0.5, 0.6) is 0 Å². The first-order valence-electron chi connectivity index (χ1n) is 6.10. The summed E-state index contributed by atoms with van der Waals surface area (Å²) in [4.78, 5) is 6.58. The minimum atomic E-state index is 0.298. The summed E-state index contributed by atoms with van der Waals surface area (Å²) in [6.45, 7) is 5.02. The predicted octanol–water partition coefficient (Wildman–Crippen LogP) is 1.15. The maximum absolute atomic E-state index is 5.92. The molecule has 0 aliphatic carbocycles. The molecular weight excluding hydrogens is 230 g/mol. The number of anilines is 1. The molecule has 1 rings (SSSR count). The molecule has 1 unspecified atom stereocenters. The Balaban J connectivity index is 2.68. The zero-order valence-corrected chi connectivity index (χ0v) is 11.4. The van der Waals surface area contributed by atoms with E-state index in [0.29, 0.717) is 25.8 Å². The normalized spacial score (nSPS) is 12.9. The zero-order chi connectivity index (χ0) is 13.4. The van der Waals surface area contributed by atoms with Crippen LogP contribution in [0.1, 0.15) is 12.6 Å². The molecule has 0 saturated carbocycles. The topological polar surface area (TPSA) is 60.6 Å². The number of rotatable bonds is 8. The van der Waals surface area contributed by atoms with Gasteiger partial charge in [0.05, 0.1) is 24.6 Å². The number of nitrogens with zero attached hydrogens (tertiary/aromatic N) is 2. The van der Waals surface area contributed by atoms with E-state index < -0.39 is 0 Å². The molecule has 0 bridgehead atoms. The van der Waals surface area contributed by atoms with E-state index in [2.05, 4.69) is 16.8 Å². The molecule has 1 heterocycles. The molecule has 0 saturated heterocycles. The summed E-state index contributed by atoms with van der Waals surface area (Å²) in [6, 6.07) is 4.01. The molecule has 0 aliphatic rings. The number of nitrogens with two attached hydrogens (primary N) is 1. The summed E-state index contributed by atoms with van der Waals surface area (Å²) < 4.78 is 10.3. The molecule has 0 spiro atoms. The van der Waals surface area contributed by atoms with Crippen LogP contribution in [-0.4, -0.2) is 49.9 Å². The van der Waals surface area contributed by atoms with E-state index >= 15 is 0 Å². The van der Waals surface area contributed by atoms with Crippen molar-refractivity contribution in [1.29, 1.82) is 0 Å². The molecule has 1 aromatic rings. The summed E-state index contributed by atoms with van der Waals surface area (Å²) in [5, 5.41) is 0. The predicted molar refractivity (Wildman–Crippen MR) is 72.3 cm³/mol. The van der Waals surface area contributed by atoms with Crippen LogP contribution in [0.4, 0.5) is 5.69 Å². The number of nitrogen functional groups attached to an aromatic ring is 1. The fraction of sp³-hybridized carbons (Fsp3) is 0.615. The number of ether oxygens (including phenoxy) is 2. The Labute approximate surface area is 109 Å². The second-order valence-corrected chi connectivity index (χ2v) is 4.31. The van der Waals surface area contributed by atoms with Crippen molar-refractivity contribution >= 4 is 5.69 Å². The maximum Gasteiger partial charge on any atom is 0.0772 e. The van der Waals surface area contributed by atoms with Gasteiger partial charge in [-0.15, -0.1) is 0 Å². The van der Waals surface area contributed by atoms with E-state index in [9.17, 15) is 0 Å². The zero-order valence-electron chi connectivity index (χ0n) is 11.4. The number of hydrogen-bond acceptors (Lipinski definition) is 5. The highest BCUT2D eigenvalue weighted by atomic mass is 16.5. The third-order valence-electron chi connectivity index (χ3n) is 2.89. The van der Waals surface area contributed by atoms with E-state index in [0.717, 1.165) is 17.9 Å². The first kappa shape index (κ1) is 14.9. The van der Waals surface area contributed by atoms with Gasteiger partial charge >= 0.3 is 0 Å². The minimum Gasteiger partial charge on any atom is -0.397 e. The summed E-state index contributed by atoms with van der Waals surface area (Å²) in [6.07, 6.45) is 1.77. The average Bonchev–Trinajstić information content (AvgIpc) is 2.36. The van der Waals surface area contributed by atoms with Crippen molar-refractivity contribution in [3.05, 3.63) is 24.0 Å². The number of pyridine rings is 1. The molecular formula is C13H23N3O2. The monoisotopic (exact) mass is 253 g/mol. The highest BCUT2D eigenvalue weighted by molar-refractivity contribution is 5.41. The van der Waals surface area contributed by atoms with E-state index in [1.165, 1.54) is 0 Å². The Morgan fingerprint density at radius 2 is 2.17 bits per heavy atom. The van der Waals surface area contributed by atoms with Gasteiger partial charge in [0.2, 0.25) is 0 Å². The van der Waals surface area contributed by atoms with Gasteiger partial charge in [-0.1, -0.05) is 0 Å². The van der Waals surface area contributed by atoms with Crippen LogP contribution in [0, 0.1) is 0 Å². The Morgan fingerprint density at radius 1 is 1.39 bits per heavy atom. The number of methoxy groups -OCH3 is 2. The molecule has 0 radical (unpaired) electrons. The van der Waals surface area contributed by atoms with Crippen LogP contribution in [0.15, 0.2) is 18.3 Å². The second-order valence-electron chi connectivity index (χ2n) is 4.31. The van der Waals surface area contributed by atoms with Crippen molar-refractivity contribution < 1.29 is 9.47 Å². The molecule has 18 heavy (non-hydrogen) atoms. The van der Waals surface area contributed by atoms with Crippen molar-refractivity contribution in [1.82, 2.24) is 9.88 Å². The molecule has 5 nitrogen and oxygen atoms in total. The lowest BCUT2D eigenvalue weighted by atomic mass is 10.2. The van der Waals surface area contributed by atoms with E-state index in [1.54, 1.807) is 20.4 Å². The Hall–Kier alpha value is -1.17. The van der Waals surface area contributed by atoms with E-state index in [4.69, 9.17) is 15.2 Å². The fourth-order valence-electron chi connectivity index (χ4n) is 1.79. The Bertz CT molecular complexity index is 347. The molecule has 102 valence electrons. The maximum atomic E-state index is 5.92. The molecule has 0 aliphatic heterocycles. The molecule has 1 atom stereocenters. The summed E-state index contributed by atoms with van der Waals surface area (Å²) >= 11 is 0. The Morgan fingerprint density at radius 3 is 2.78 bits per heavy atom. The van der Waals surface area contributed by atoms with Crippen LogP contribution < -0.4 is 5.73 Å². The van der Waals surface area contributed by atoms with E-state index in [-0.39, 0.29) is 0 Å². The van der Waals surface area contributed by atoms with Gasteiger partial charge in [-0.2, -0.15) is 0 Å². The van der Waals surface area contributed by atoms with E-state index in [1.807, 2.05) is 12.1 Å². The first-order chi connectivity index (χ1) is 8.69. The van der Waals surface area contributed by atoms with Crippen molar-refractivity contribution in [2.75, 3.05) is 39.7 Å². The highest BCUT2D eigenvalue weighted by Gasteiger charge is 2.15. The smallest absolute Gasteiger partial charge is 0.0772 e. The minimum absolute atomic E-state index is 0.298. The van der Waals surface area contributed by atoms with Gasteiger partial charge in [0.1, 0.15) is 0 Å². The van der Waals surface area contributed by atoms with Gasteiger partial charge in [-0.25, -0.2) is 0 Å². The first-order valence-corrected chi connectivity index (χ1v) is 6.10. The van der Waals surface area contributed by atoms with Crippen LogP contribution in [-0.2, 0) is 16.0 Å². The van der Waals surface area contributed by atoms with Gasteiger partial charge in [0.25, 0.3) is 0 Å². The third kappa shape index (κ3) is 4.60. The van der Waals surface area contributed by atoms with Gasteiger partial charge in [-0.05, 0) is 19.1 Å². The van der Waals surface area contributed by atoms with Crippen molar-refractivity contribution in [3.8, 4) is 0 Å². The van der Waals surface area contributed by atoms with Gasteiger partial charge < -0.3 is 15.2 Å². The van der Waals surface area contributed by atoms with Gasteiger partial charge in [0.15, 0.2) is 0 Å². The van der Waals surface area contributed by atoms with Crippen LogP contribution in [0.2, 0.25) is 0 Å². The fourth-order valence-corrected chi connectivity index (χ4v) is 1.79. The molecule has 0 fully saturated rings. The number of aromatic nitrogens is 1. The molecule has 0 amide bonds. The summed E-state index contributed by atoms with van der Waals surface area (Å²) in [7, 11) is 3.41. The lowest BCUT2D eigenvalue weighted by Crippen LogP contribution is -2.38.